The number of carbonyl (C=O) groups excluding carboxylic acids is 2. The molecule has 2 heterocycles. The lowest BCUT2D eigenvalue weighted by Gasteiger charge is -2.36. The fourth-order valence-corrected chi connectivity index (χ4v) is 2.72. The molecule has 6 nitrogen and oxygen atoms in total. The summed E-state index contributed by atoms with van der Waals surface area (Å²) in [6.07, 6.45) is -3.27. The predicted octanol–water partition coefficient (Wildman–Crippen LogP) is 1.74. The fourth-order valence-electron chi connectivity index (χ4n) is 2.72. The van der Waals surface area contributed by atoms with E-state index in [4.69, 9.17) is 0 Å². The normalized spacial score (nSPS) is 18.4. The number of benzene rings is 1. The number of amides is 2. The Morgan fingerprint density at radius 3 is 2.67 bits per heavy atom. The number of H-pyrrole nitrogens is 1. The smallest absolute Gasteiger partial charge is 0.352 e. The SMILES string of the molecule is O=C1NCCN(C(=O)c2ccn[nH]2)[C@H]1c1ccccc1C(F)(F)F. The van der Waals surface area contributed by atoms with E-state index in [0.717, 1.165) is 11.0 Å². The maximum atomic E-state index is 13.3. The summed E-state index contributed by atoms with van der Waals surface area (Å²) in [5.74, 6) is -1.23. The van der Waals surface area contributed by atoms with Crippen molar-refractivity contribution in [2.24, 2.45) is 0 Å². The highest BCUT2D eigenvalue weighted by atomic mass is 19.4. The Labute approximate surface area is 134 Å². The van der Waals surface area contributed by atoms with E-state index < -0.39 is 29.6 Å². The molecule has 3 rings (SSSR count). The van der Waals surface area contributed by atoms with Crippen LogP contribution in [0.15, 0.2) is 36.5 Å². The molecule has 0 bridgehead atoms. The first-order chi connectivity index (χ1) is 11.4. The Morgan fingerprint density at radius 1 is 1.25 bits per heavy atom. The van der Waals surface area contributed by atoms with Crippen LogP contribution in [0, 0.1) is 0 Å². The van der Waals surface area contributed by atoms with Crippen molar-refractivity contribution >= 4 is 11.8 Å². The van der Waals surface area contributed by atoms with Crippen LogP contribution in [0.1, 0.15) is 27.7 Å². The highest BCUT2D eigenvalue weighted by Crippen LogP contribution is 2.37. The van der Waals surface area contributed by atoms with Gasteiger partial charge >= 0.3 is 6.18 Å². The summed E-state index contributed by atoms with van der Waals surface area (Å²) in [7, 11) is 0. The van der Waals surface area contributed by atoms with Crippen molar-refractivity contribution in [2.45, 2.75) is 12.2 Å². The van der Waals surface area contributed by atoms with E-state index in [2.05, 4.69) is 15.5 Å². The lowest BCUT2D eigenvalue weighted by atomic mass is 9.96. The van der Waals surface area contributed by atoms with Crippen molar-refractivity contribution in [3.8, 4) is 0 Å². The van der Waals surface area contributed by atoms with Gasteiger partial charge in [-0.05, 0) is 17.7 Å². The fraction of sp³-hybridized carbons (Fsp3) is 0.267. The maximum absolute atomic E-state index is 13.3. The van der Waals surface area contributed by atoms with Gasteiger partial charge < -0.3 is 10.2 Å². The third kappa shape index (κ3) is 2.84. The molecule has 1 aliphatic rings. The number of aromatic amines is 1. The summed E-state index contributed by atoms with van der Waals surface area (Å²) in [6, 6.07) is 4.82. The second-order valence-corrected chi connectivity index (χ2v) is 5.25. The molecule has 0 spiro atoms. The lowest BCUT2D eigenvalue weighted by molar-refractivity contribution is -0.139. The number of rotatable bonds is 2. The van der Waals surface area contributed by atoms with Crippen molar-refractivity contribution in [2.75, 3.05) is 13.1 Å². The zero-order valence-electron chi connectivity index (χ0n) is 12.3. The average molecular weight is 338 g/mol. The zero-order valence-corrected chi connectivity index (χ0v) is 12.3. The Morgan fingerprint density at radius 2 is 2.00 bits per heavy atom. The number of halogens is 3. The molecule has 1 aromatic heterocycles. The molecule has 0 radical (unpaired) electrons. The number of carbonyl (C=O) groups is 2. The molecule has 24 heavy (non-hydrogen) atoms. The first-order valence-corrected chi connectivity index (χ1v) is 7.14. The summed E-state index contributed by atoms with van der Waals surface area (Å²) in [5.41, 5.74) is -1.08. The average Bonchev–Trinajstić information content (AvgIpc) is 3.07. The Hall–Kier alpha value is -2.84. The third-order valence-electron chi connectivity index (χ3n) is 3.76. The molecule has 1 aromatic carbocycles. The van der Waals surface area contributed by atoms with Gasteiger partial charge in [-0.3, -0.25) is 14.7 Å². The lowest BCUT2D eigenvalue weighted by Crippen LogP contribution is -2.52. The summed E-state index contributed by atoms with van der Waals surface area (Å²) in [5, 5.41) is 8.64. The van der Waals surface area contributed by atoms with E-state index in [0.29, 0.717) is 0 Å². The monoisotopic (exact) mass is 338 g/mol. The van der Waals surface area contributed by atoms with E-state index in [1.165, 1.54) is 30.5 Å². The van der Waals surface area contributed by atoms with E-state index in [9.17, 15) is 22.8 Å². The van der Waals surface area contributed by atoms with Crippen molar-refractivity contribution in [3.63, 3.8) is 0 Å². The topological polar surface area (TPSA) is 78.1 Å². The second-order valence-electron chi connectivity index (χ2n) is 5.25. The van der Waals surface area contributed by atoms with Crippen LogP contribution in [0.25, 0.3) is 0 Å². The van der Waals surface area contributed by atoms with Crippen LogP contribution in [0.2, 0.25) is 0 Å². The third-order valence-corrected chi connectivity index (χ3v) is 3.76. The molecule has 9 heteroatoms. The highest BCUT2D eigenvalue weighted by molar-refractivity contribution is 5.97. The van der Waals surface area contributed by atoms with Crippen molar-refractivity contribution in [3.05, 3.63) is 53.3 Å². The van der Waals surface area contributed by atoms with Crippen LogP contribution in [0.3, 0.4) is 0 Å². The van der Waals surface area contributed by atoms with Crippen LogP contribution in [0.5, 0.6) is 0 Å². The number of nitrogens with zero attached hydrogens (tertiary/aromatic N) is 2. The van der Waals surface area contributed by atoms with E-state index in [1.807, 2.05) is 0 Å². The number of alkyl halides is 3. The van der Waals surface area contributed by atoms with Gasteiger partial charge in [-0.2, -0.15) is 18.3 Å². The van der Waals surface area contributed by atoms with Crippen LogP contribution < -0.4 is 5.32 Å². The molecule has 126 valence electrons. The first kappa shape index (κ1) is 16.0. The van der Waals surface area contributed by atoms with Gasteiger partial charge in [0.25, 0.3) is 5.91 Å². The largest absolute Gasteiger partial charge is 0.416 e. The Bertz CT molecular complexity index is 758. The van der Waals surface area contributed by atoms with Gasteiger partial charge in [0.15, 0.2) is 0 Å². The van der Waals surface area contributed by atoms with Gasteiger partial charge in [0, 0.05) is 19.3 Å². The molecule has 0 aliphatic carbocycles. The zero-order chi connectivity index (χ0) is 17.3. The van der Waals surface area contributed by atoms with Crippen molar-refractivity contribution in [1.82, 2.24) is 20.4 Å². The molecule has 1 aliphatic heterocycles. The number of piperazine rings is 1. The van der Waals surface area contributed by atoms with E-state index in [-0.39, 0.29) is 24.3 Å². The van der Waals surface area contributed by atoms with Gasteiger partial charge in [-0.15, -0.1) is 0 Å². The minimum atomic E-state index is -4.63. The summed E-state index contributed by atoms with van der Waals surface area (Å²) < 4.78 is 39.8. The molecular weight excluding hydrogens is 325 g/mol. The molecule has 2 amide bonds. The van der Waals surface area contributed by atoms with E-state index in [1.54, 1.807) is 0 Å². The molecule has 1 saturated heterocycles. The van der Waals surface area contributed by atoms with Gasteiger partial charge in [0.05, 0.1) is 5.56 Å². The quantitative estimate of drug-likeness (QED) is 0.876. The van der Waals surface area contributed by atoms with Gasteiger partial charge in [-0.1, -0.05) is 18.2 Å². The van der Waals surface area contributed by atoms with Crippen LogP contribution in [-0.4, -0.2) is 40.0 Å². The van der Waals surface area contributed by atoms with Crippen LogP contribution in [-0.2, 0) is 11.0 Å². The van der Waals surface area contributed by atoms with Crippen molar-refractivity contribution < 1.29 is 22.8 Å². The van der Waals surface area contributed by atoms with Crippen LogP contribution >= 0.6 is 0 Å². The summed E-state index contributed by atoms with van der Waals surface area (Å²) in [6.45, 7) is 0.268. The number of hydrogen-bond acceptors (Lipinski definition) is 3. The molecule has 2 aromatic rings. The standard InChI is InChI=1S/C15H13F3N4O2/c16-15(17,18)10-4-2-1-3-9(10)12-13(23)19-7-8-22(12)14(24)11-5-6-20-21-11/h1-6,12H,7-8H2,(H,19,23)(H,20,21)/t12-/m0/s1. The molecule has 0 saturated carbocycles. The van der Waals surface area contributed by atoms with Crippen molar-refractivity contribution in [1.29, 1.82) is 0 Å². The van der Waals surface area contributed by atoms with Gasteiger partial charge in [0.1, 0.15) is 11.7 Å². The summed E-state index contributed by atoms with van der Waals surface area (Å²) in [4.78, 5) is 25.9. The van der Waals surface area contributed by atoms with Gasteiger partial charge in [0.2, 0.25) is 5.91 Å². The molecule has 2 N–H and O–H groups in total. The number of nitrogens with one attached hydrogen (secondary N) is 2. The molecular formula is C15H13F3N4O2. The van der Waals surface area contributed by atoms with Gasteiger partial charge in [-0.25, -0.2) is 0 Å². The minimum Gasteiger partial charge on any atom is -0.352 e. The summed E-state index contributed by atoms with van der Waals surface area (Å²) >= 11 is 0. The molecule has 0 unspecified atom stereocenters. The molecule has 1 fully saturated rings. The Kier molecular flexibility index (Phi) is 4.00. The second kappa shape index (κ2) is 5.99. The highest BCUT2D eigenvalue weighted by Gasteiger charge is 2.41. The predicted molar refractivity (Wildman–Crippen MR) is 76.8 cm³/mol. The number of aromatic nitrogens is 2. The molecule has 1 atom stereocenters. The Balaban J connectivity index is 2.06. The van der Waals surface area contributed by atoms with Crippen LogP contribution in [0.4, 0.5) is 13.2 Å². The van der Waals surface area contributed by atoms with E-state index >= 15 is 0 Å². The minimum absolute atomic E-state index is 0.0977. The maximum Gasteiger partial charge on any atom is 0.416 e. The first-order valence-electron chi connectivity index (χ1n) is 7.14. The number of hydrogen-bond donors (Lipinski definition) is 2.